The predicted octanol–water partition coefficient (Wildman–Crippen LogP) is 2.45. The summed E-state index contributed by atoms with van der Waals surface area (Å²) in [6, 6.07) is 0. The van der Waals surface area contributed by atoms with Crippen molar-refractivity contribution in [3.63, 3.8) is 0 Å². The van der Waals surface area contributed by atoms with Crippen LogP contribution in [-0.2, 0) is 38.1 Å². The minimum Gasteiger partial charge on any atom is -0.462 e. The summed E-state index contributed by atoms with van der Waals surface area (Å²) in [7, 11) is 0. The second-order valence-electron chi connectivity index (χ2n) is 5.28. The highest BCUT2D eigenvalue weighted by molar-refractivity contribution is 5.87. The average molecular weight is 396 g/mol. The first kappa shape index (κ1) is 27.1. The molecule has 0 saturated heterocycles. The van der Waals surface area contributed by atoms with Gasteiger partial charge in [-0.15, -0.1) is 0 Å². The third-order valence-corrected chi connectivity index (χ3v) is 2.56. The van der Waals surface area contributed by atoms with E-state index in [0.717, 1.165) is 12.2 Å². The summed E-state index contributed by atoms with van der Waals surface area (Å²) < 4.78 is 18.9. The van der Waals surface area contributed by atoms with Crippen molar-refractivity contribution in [2.75, 3.05) is 26.4 Å². The van der Waals surface area contributed by atoms with Crippen molar-refractivity contribution in [3.05, 3.63) is 49.6 Å². The molecule has 0 aromatic rings. The zero-order valence-electron chi connectivity index (χ0n) is 16.5. The number of carbonyl (C=O) groups is 4. The maximum atomic E-state index is 10.9. The highest BCUT2D eigenvalue weighted by Crippen LogP contribution is 1.96. The maximum absolute atomic E-state index is 10.9. The molecule has 0 saturated carbocycles. The van der Waals surface area contributed by atoms with Crippen LogP contribution in [0.25, 0.3) is 0 Å². The summed E-state index contributed by atoms with van der Waals surface area (Å²) in [5.41, 5.74) is 0.711. The van der Waals surface area contributed by atoms with Crippen LogP contribution in [-0.4, -0.2) is 50.3 Å². The minimum absolute atomic E-state index is 0.217. The van der Waals surface area contributed by atoms with E-state index in [-0.39, 0.29) is 26.4 Å². The largest absolute Gasteiger partial charge is 0.462 e. The molecule has 0 aromatic carbocycles. The molecule has 0 rings (SSSR count). The van der Waals surface area contributed by atoms with Crippen LogP contribution in [0.1, 0.15) is 26.7 Å². The quantitative estimate of drug-likeness (QED) is 0.214. The van der Waals surface area contributed by atoms with Crippen LogP contribution in [0.15, 0.2) is 49.6 Å². The Morgan fingerprint density at radius 2 is 0.929 bits per heavy atom. The van der Waals surface area contributed by atoms with E-state index in [9.17, 15) is 19.2 Å². The van der Waals surface area contributed by atoms with E-state index in [1.54, 1.807) is 13.8 Å². The van der Waals surface area contributed by atoms with Gasteiger partial charge in [-0.3, -0.25) is 0 Å². The van der Waals surface area contributed by atoms with Gasteiger partial charge in [0, 0.05) is 36.1 Å². The van der Waals surface area contributed by atoms with Gasteiger partial charge in [-0.2, -0.15) is 0 Å². The fourth-order valence-corrected chi connectivity index (χ4v) is 1.16. The normalized spacial score (nSPS) is 8.93. The molecule has 0 bridgehead atoms. The molecule has 0 aliphatic carbocycles. The number of ether oxygens (including phenoxy) is 4. The molecule has 0 aromatic heterocycles. The lowest BCUT2D eigenvalue weighted by Gasteiger charge is -2.05. The van der Waals surface area contributed by atoms with Gasteiger partial charge in [0.1, 0.15) is 0 Å². The Hall–Kier alpha value is -3.16. The van der Waals surface area contributed by atoms with Gasteiger partial charge >= 0.3 is 23.9 Å². The van der Waals surface area contributed by atoms with E-state index in [0.29, 0.717) is 24.0 Å². The van der Waals surface area contributed by atoms with E-state index < -0.39 is 23.9 Å². The van der Waals surface area contributed by atoms with E-state index in [4.69, 9.17) is 9.47 Å². The zero-order valence-corrected chi connectivity index (χ0v) is 16.5. The van der Waals surface area contributed by atoms with Crippen LogP contribution in [0, 0.1) is 0 Å². The molecule has 0 N–H and O–H groups in total. The Morgan fingerprint density at radius 1 is 0.643 bits per heavy atom. The monoisotopic (exact) mass is 396 g/mol. The van der Waals surface area contributed by atoms with Crippen molar-refractivity contribution in [2.24, 2.45) is 0 Å². The molecular formula is C20H28O8. The summed E-state index contributed by atoms with van der Waals surface area (Å²) in [5.74, 6) is -1.81. The Morgan fingerprint density at radius 3 is 1.18 bits per heavy atom. The lowest BCUT2D eigenvalue weighted by molar-refractivity contribution is -0.142. The summed E-state index contributed by atoms with van der Waals surface area (Å²) in [5, 5.41) is 0. The minimum atomic E-state index is -0.477. The van der Waals surface area contributed by atoms with Crippen molar-refractivity contribution >= 4 is 23.9 Å². The first-order valence-corrected chi connectivity index (χ1v) is 8.39. The Kier molecular flexibility index (Phi) is 16.7. The van der Waals surface area contributed by atoms with Gasteiger partial charge in [-0.25, -0.2) is 19.2 Å². The van der Waals surface area contributed by atoms with Crippen molar-refractivity contribution in [1.82, 2.24) is 0 Å². The maximum Gasteiger partial charge on any atom is 0.333 e. The van der Waals surface area contributed by atoms with Gasteiger partial charge in [-0.05, 0) is 13.8 Å². The van der Waals surface area contributed by atoms with Crippen LogP contribution in [0.2, 0.25) is 0 Å². The molecule has 0 fully saturated rings. The highest BCUT2D eigenvalue weighted by atomic mass is 16.6. The number of hydrogen-bond acceptors (Lipinski definition) is 8. The Bertz CT molecular complexity index is 539. The van der Waals surface area contributed by atoms with Gasteiger partial charge in [-0.1, -0.05) is 26.3 Å². The van der Waals surface area contributed by atoms with Crippen LogP contribution in [0.5, 0.6) is 0 Å². The number of esters is 4. The van der Waals surface area contributed by atoms with Crippen molar-refractivity contribution in [1.29, 1.82) is 0 Å². The second kappa shape index (κ2) is 17.3. The Balaban J connectivity index is 0. The molecule has 28 heavy (non-hydrogen) atoms. The lowest BCUT2D eigenvalue weighted by Crippen LogP contribution is -2.11. The molecule has 0 atom stereocenters. The first-order chi connectivity index (χ1) is 13.1. The van der Waals surface area contributed by atoms with Crippen molar-refractivity contribution < 1.29 is 38.1 Å². The number of rotatable bonds is 12. The Labute approximate surface area is 165 Å². The van der Waals surface area contributed by atoms with Crippen LogP contribution in [0.3, 0.4) is 0 Å². The number of hydrogen-bond donors (Lipinski definition) is 0. The summed E-state index contributed by atoms with van der Waals surface area (Å²) in [4.78, 5) is 42.8. The first-order valence-electron chi connectivity index (χ1n) is 8.39. The topological polar surface area (TPSA) is 105 Å². The summed E-state index contributed by atoms with van der Waals surface area (Å²) in [6.07, 6.45) is 3.10. The fourth-order valence-electron chi connectivity index (χ4n) is 1.16. The van der Waals surface area contributed by atoms with Crippen molar-refractivity contribution in [3.8, 4) is 0 Å². The molecule has 156 valence electrons. The molecule has 0 aliphatic rings. The zero-order chi connectivity index (χ0) is 21.9. The average Bonchev–Trinajstić information content (AvgIpc) is 2.66. The van der Waals surface area contributed by atoms with E-state index in [1.807, 2.05) is 0 Å². The SMILES string of the molecule is C=C(C)C(=O)OCCCOC(=O)C(=C)C.C=CC(=O)OCCCOC(=O)C=C. The van der Waals surface area contributed by atoms with E-state index in [1.165, 1.54) is 0 Å². The smallest absolute Gasteiger partial charge is 0.333 e. The molecule has 8 heteroatoms. The molecule has 0 heterocycles. The van der Waals surface area contributed by atoms with E-state index >= 15 is 0 Å². The predicted molar refractivity (Wildman–Crippen MR) is 103 cm³/mol. The van der Waals surface area contributed by atoms with Gasteiger partial charge < -0.3 is 18.9 Å². The van der Waals surface area contributed by atoms with Gasteiger partial charge in [0.2, 0.25) is 0 Å². The van der Waals surface area contributed by atoms with E-state index in [2.05, 4.69) is 35.8 Å². The van der Waals surface area contributed by atoms with Crippen molar-refractivity contribution in [2.45, 2.75) is 26.7 Å². The third kappa shape index (κ3) is 17.7. The van der Waals surface area contributed by atoms with Gasteiger partial charge in [0.15, 0.2) is 0 Å². The second-order valence-corrected chi connectivity index (χ2v) is 5.28. The molecule has 0 unspecified atom stereocenters. The molecule has 0 amide bonds. The lowest BCUT2D eigenvalue weighted by atomic mass is 10.3. The highest BCUT2D eigenvalue weighted by Gasteiger charge is 2.04. The van der Waals surface area contributed by atoms with Crippen LogP contribution < -0.4 is 0 Å². The number of carbonyl (C=O) groups excluding carboxylic acids is 4. The summed E-state index contributed by atoms with van der Waals surface area (Å²) >= 11 is 0. The summed E-state index contributed by atoms with van der Waals surface area (Å²) in [6.45, 7) is 17.3. The molecule has 8 nitrogen and oxygen atoms in total. The molecule has 0 aliphatic heterocycles. The van der Waals surface area contributed by atoms with Gasteiger partial charge in [0.25, 0.3) is 0 Å². The van der Waals surface area contributed by atoms with Crippen LogP contribution >= 0.6 is 0 Å². The van der Waals surface area contributed by atoms with Gasteiger partial charge in [0.05, 0.1) is 26.4 Å². The molecular weight excluding hydrogens is 368 g/mol. The van der Waals surface area contributed by atoms with Crippen LogP contribution in [0.4, 0.5) is 0 Å². The third-order valence-electron chi connectivity index (χ3n) is 2.56. The fraction of sp³-hybridized carbons (Fsp3) is 0.400. The molecule has 0 spiro atoms. The standard InChI is InChI=1S/C11H16O4.C9H12O4/c1-8(2)10(12)14-6-5-7-15-11(13)9(3)4;1-3-8(10)12-6-5-7-13-9(11)4-2/h1,3,5-7H2,2,4H3;3-4H,1-2,5-7H2. The molecule has 0 radical (unpaired) electrons.